The van der Waals surface area contributed by atoms with E-state index in [4.69, 9.17) is 4.74 Å². The highest BCUT2D eigenvalue weighted by Gasteiger charge is 2.21. The average molecular weight is 483 g/mol. The van der Waals surface area contributed by atoms with E-state index in [1.54, 1.807) is 25.3 Å². The second-order valence-electron chi connectivity index (χ2n) is 8.22. The second-order valence-corrected chi connectivity index (χ2v) is 8.22. The standard InChI is InChI=1S/C28H23FN4O3/c1-3-36-24-12-15-33(20-8-5-18(29)6-9-20)28(35)25(24)27(34)32-19-7-4-17(2)23(16-19)21-10-13-30-26-22(21)11-14-31-26/h4-16H,3H2,1-2H3,(H,30,31)(H,32,34). The third kappa shape index (κ3) is 4.24. The Morgan fingerprint density at radius 1 is 1.08 bits per heavy atom. The van der Waals surface area contributed by atoms with Gasteiger partial charge in [-0.15, -0.1) is 0 Å². The van der Waals surface area contributed by atoms with Crippen LogP contribution in [0, 0.1) is 12.7 Å². The number of nitrogens with zero attached hydrogens (tertiary/aromatic N) is 2. The molecule has 0 fully saturated rings. The van der Waals surface area contributed by atoms with Gasteiger partial charge in [0.2, 0.25) is 0 Å². The van der Waals surface area contributed by atoms with Crippen molar-refractivity contribution in [2.24, 2.45) is 0 Å². The Kier molecular flexibility index (Phi) is 6.08. The maximum atomic E-state index is 13.4. The number of H-pyrrole nitrogens is 1. The van der Waals surface area contributed by atoms with Crippen LogP contribution in [0.25, 0.3) is 27.8 Å². The Hall–Kier alpha value is -4.72. The molecule has 8 heteroatoms. The molecule has 0 unspecified atom stereocenters. The number of halogens is 1. The number of nitrogens with one attached hydrogen (secondary N) is 2. The van der Waals surface area contributed by atoms with Crippen LogP contribution < -0.4 is 15.6 Å². The van der Waals surface area contributed by atoms with E-state index in [1.807, 2.05) is 37.4 Å². The summed E-state index contributed by atoms with van der Waals surface area (Å²) in [6.45, 7) is 4.05. The summed E-state index contributed by atoms with van der Waals surface area (Å²) in [5, 5.41) is 3.81. The molecule has 0 aliphatic rings. The van der Waals surface area contributed by atoms with E-state index in [-0.39, 0.29) is 17.9 Å². The number of anilines is 1. The zero-order valence-electron chi connectivity index (χ0n) is 19.7. The second kappa shape index (κ2) is 9.50. The van der Waals surface area contributed by atoms with Crippen LogP contribution in [0.2, 0.25) is 0 Å². The summed E-state index contributed by atoms with van der Waals surface area (Å²) in [6.07, 6.45) is 5.07. The highest BCUT2D eigenvalue weighted by molar-refractivity contribution is 6.06. The van der Waals surface area contributed by atoms with Gasteiger partial charge in [0.25, 0.3) is 11.5 Å². The largest absolute Gasteiger partial charge is 0.493 e. The molecule has 0 bridgehead atoms. The van der Waals surface area contributed by atoms with Crippen LogP contribution in [0.3, 0.4) is 0 Å². The van der Waals surface area contributed by atoms with Gasteiger partial charge in [-0.2, -0.15) is 0 Å². The number of hydrogen-bond donors (Lipinski definition) is 2. The number of rotatable bonds is 6. The topological polar surface area (TPSA) is 89.0 Å². The first-order valence-electron chi connectivity index (χ1n) is 11.4. The van der Waals surface area contributed by atoms with Gasteiger partial charge < -0.3 is 15.0 Å². The predicted octanol–water partition coefficient (Wildman–Crippen LogP) is 5.48. The van der Waals surface area contributed by atoms with Gasteiger partial charge >= 0.3 is 0 Å². The quantitative estimate of drug-likeness (QED) is 0.335. The Morgan fingerprint density at radius 2 is 1.89 bits per heavy atom. The molecule has 3 aromatic heterocycles. The van der Waals surface area contributed by atoms with Crippen molar-refractivity contribution in [1.29, 1.82) is 0 Å². The first-order valence-corrected chi connectivity index (χ1v) is 11.4. The normalized spacial score (nSPS) is 11.0. The lowest BCUT2D eigenvalue weighted by Crippen LogP contribution is -2.29. The molecule has 0 radical (unpaired) electrons. The Morgan fingerprint density at radius 3 is 2.67 bits per heavy atom. The maximum Gasteiger partial charge on any atom is 0.271 e. The molecule has 2 N–H and O–H groups in total. The number of aromatic amines is 1. The summed E-state index contributed by atoms with van der Waals surface area (Å²) in [5.41, 5.74) is 3.96. The van der Waals surface area contributed by atoms with Crippen LogP contribution in [0.15, 0.2) is 84.0 Å². The summed E-state index contributed by atoms with van der Waals surface area (Å²) >= 11 is 0. The van der Waals surface area contributed by atoms with Crippen molar-refractivity contribution in [2.75, 3.05) is 11.9 Å². The van der Waals surface area contributed by atoms with E-state index in [0.717, 1.165) is 27.7 Å². The molecule has 3 heterocycles. The zero-order chi connectivity index (χ0) is 25.2. The number of aryl methyl sites for hydroxylation is 1. The summed E-state index contributed by atoms with van der Waals surface area (Å²) in [5.74, 6) is -0.845. The molecule has 1 amide bonds. The van der Waals surface area contributed by atoms with E-state index in [2.05, 4.69) is 15.3 Å². The van der Waals surface area contributed by atoms with E-state index < -0.39 is 17.3 Å². The molecule has 0 saturated heterocycles. The monoisotopic (exact) mass is 482 g/mol. The highest BCUT2D eigenvalue weighted by Crippen LogP contribution is 2.32. The van der Waals surface area contributed by atoms with E-state index in [1.165, 1.54) is 35.0 Å². The van der Waals surface area contributed by atoms with Gasteiger partial charge in [-0.3, -0.25) is 14.2 Å². The number of benzene rings is 2. The van der Waals surface area contributed by atoms with E-state index in [0.29, 0.717) is 11.4 Å². The van der Waals surface area contributed by atoms with Crippen LogP contribution >= 0.6 is 0 Å². The third-order valence-corrected chi connectivity index (χ3v) is 5.93. The zero-order valence-corrected chi connectivity index (χ0v) is 19.7. The molecule has 36 heavy (non-hydrogen) atoms. The minimum Gasteiger partial charge on any atom is -0.493 e. The average Bonchev–Trinajstić information content (AvgIpc) is 3.36. The van der Waals surface area contributed by atoms with Gasteiger partial charge in [-0.25, -0.2) is 9.37 Å². The van der Waals surface area contributed by atoms with Crippen LogP contribution in [0.4, 0.5) is 10.1 Å². The number of carbonyl (C=O) groups excluding carboxylic acids is 1. The lowest BCUT2D eigenvalue weighted by molar-refractivity contribution is 0.102. The van der Waals surface area contributed by atoms with Gasteiger partial charge in [-0.05, 0) is 85.1 Å². The minimum absolute atomic E-state index is 0.136. The highest BCUT2D eigenvalue weighted by atomic mass is 19.1. The van der Waals surface area contributed by atoms with Crippen molar-refractivity contribution in [2.45, 2.75) is 13.8 Å². The van der Waals surface area contributed by atoms with Crippen molar-refractivity contribution in [3.63, 3.8) is 0 Å². The van der Waals surface area contributed by atoms with Crippen molar-refractivity contribution in [3.05, 3.63) is 107 Å². The van der Waals surface area contributed by atoms with Crippen LogP contribution in [0.5, 0.6) is 5.75 Å². The Labute approximate surface area is 206 Å². The summed E-state index contributed by atoms with van der Waals surface area (Å²) in [7, 11) is 0. The molecule has 0 spiro atoms. The predicted molar refractivity (Wildman–Crippen MR) is 137 cm³/mol. The SMILES string of the molecule is CCOc1ccn(-c2ccc(F)cc2)c(=O)c1C(=O)Nc1ccc(C)c(-c2ccnc3[nH]ccc23)c1. The van der Waals surface area contributed by atoms with Crippen molar-refractivity contribution in [1.82, 2.24) is 14.5 Å². The summed E-state index contributed by atoms with van der Waals surface area (Å²) in [4.78, 5) is 34.2. The van der Waals surface area contributed by atoms with E-state index in [9.17, 15) is 14.0 Å². The molecule has 180 valence electrons. The number of carbonyl (C=O) groups is 1. The molecule has 0 atom stereocenters. The Balaban J connectivity index is 1.54. The van der Waals surface area contributed by atoms with Crippen LogP contribution in [-0.2, 0) is 0 Å². The molecular formula is C28H23FN4O3. The number of fused-ring (bicyclic) bond motifs is 1. The van der Waals surface area contributed by atoms with Crippen LogP contribution in [0.1, 0.15) is 22.8 Å². The molecule has 5 aromatic rings. The van der Waals surface area contributed by atoms with Gasteiger partial charge in [0.05, 0.1) is 6.61 Å². The summed E-state index contributed by atoms with van der Waals surface area (Å²) < 4.78 is 20.3. The number of aromatic nitrogens is 3. The minimum atomic E-state index is -0.601. The van der Waals surface area contributed by atoms with Crippen molar-refractivity contribution in [3.8, 4) is 22.6 Å². The molecule has 2 aromatic carbocycles. The van der Waals surface area contributed by atoms with Gasteiger partial charge in [-0.1, -0.05) is 6.07 Å². The molecule has 0 aliphatic heterocycles. The van der Waals surface area contributed by atoms with Crippen LogP contribution in [-0.4, -0.2) is 27.0 Å². The van der Waals surface area contributed by atoms with Gasteiger partial charge in [0.1, 0.15) is 22.8 Å². The first kappa shape index (κ1) is 23.0. The molecule has 0 saturated carbocycles. The lowest BCUT2D eigenvalue weighted by atomic mass is 9.98. The third-order valence-electron chi connectivity index (χ3n) is 5.93. The van der Waals surface area contributed by atoms with Crippen molar-refractivity contribution < 1.29 is 13.9 Å². The number of hydrogen-bond acceptors (Lipinski definition) is 4. The van der Waals surface area contributed by atoms with Gasteiger partial charge in [0.15, 0.2) is 0 Å². The van der Waals surface area contributed by atoms with E-state index >= 15 is 0 Å². The molecule has 7 nitrogen and oxygen atoms in total. The Bertz CT molecular complexity index is 1640. The summed E-state index contributed by atoms with van der Waals surface area (Å²) in [6, 6.07) is 16.5. The fraction of sp³-hybridized carbons (Fsp3) is 0.107. The fourth-order valence-corrected chi connectivity index (χ4v) is 4.19. The number of ether oxygens (including phenoxy) is 1. The fourth-order valence-electron chi connectivity index (χ4n) is 4.19. The maximum absolute atomic E-state index is 13.4. The number of amides is 1. The first-order chi connectivity index (χ1) is 17.5. The van der Waals surface area contributed by atoms with Gasteiger partial charge in [0, 0.05) is 35.4 Å². The molecule has 0 aliphatic carbocycles. The lowest BCUT2D eigenvalue weighted by Gasteiger charge is -2.15. The molecule has 5 rings (SSSR count). The molecular weight excluding hydrogens is 459 g/mol. The number of pyridine rings is 2. The smallest absolute Gasteiger partial charge is 0.271 e. The van der Waals surface area contributed by atoms with Crippen molar-refractivity contribution >= 4 is 22.6 Å².